The summed E-state index contributed by atoms with van der Waals surface area (Å²) < 4.78 is 15.9. The van der Waals surface area contributed by atoms with Crippen LogP contribution in [0.3, 0.4) is 0 Å². The van der Waals surface area contributed by atoms with Gasteiger partial charge in [-0.3, -0.25) is 4.79 Å². The van der Waals surface area contributed by atoms with Gasteiger partial charge in [-0.25, -0.2) is 4.79 Å². The molecule has 1 atom stereocenters. The molecule has 2 amide bonds. The van der Waals surface area contributed by atoms with Gasteiger partial charge < -0.3 is 24.4 Å². The molecule has 1 saturated heterocycles. The summed E-state index contributed by atoms with van der Waals surface area (Å²) in [5.74, 6) is 0.746. The van der Waals surface area contributed by atoms with Crippen LogP contribution in [-0.2, 0) is 9.53 Å². The molecule has 7 nitrogen and oxygen atoms in total. The predicted octanol–water partition coefficient (Wildman–Crippen LogP) is 3.29. The highest BCUT2D eigenvalue weighted by Gasteiger charge is 2.31. The van der Waals surface area contributed by atoms with E-state index in [4.69, 9.17) is 14.2 Å². The number of rotatable bonds is 4. The summed E-state index contributed by atoms with van der Waals surface area (Å²) >= 11 is 0. The maximum atomic E-state index is 12.7. The Morgan fingerprint density at radius 3 is 2.54 bits per heavy atom. The van der Waals surface area contributed by atoms with Crippen LogP contribution in [0.4, 0.5) is 10.5 Å². The molecule has 1 unspecified atom stereocenters. The molecular formula is C19H28N2O5. The Hall–Kier alpha value is -2.44. The second-order valence-corrected chi connectivity index (χ2v) is 7.32. The fourth-order valence-corrected chi connectivity index (χ4v) is 2.82. The number of nitrogens with one attached hydrogen (secondary N) is 1. The number of anilines is 1. The number of piperidine rings is 1. The fraction of sp³-hybridized carbons (Fsp3) is 0.579. The molecule has 1 N–H and O–H groups in total. The van der Waals surface area contributed by atoms with E-state index in [-0.39, 0.29) is 17.9 Å². The quantitative estimate of drug-likeness (QED) is 0.887. The molecule has 7 heteroatoms. The lowest BCUT2D eigenvalue weighted by molar-refractivity contribution is -0.121. The molecule has 1 aliphatic rings. The van der Waals surface area contributed by atoms with E-state index in [1.165, 1.54) is 7.11 Å². The molecule has 1 aromatic carbocycles. The first-order valence-corrected chi connectivity index (χ1v) is 8.74. The Balaban J connectivity index is 2.02. The molecule has 0 spiro atoms. The number of likely N-dealkylation sites (tertiary alicyclic amines) is 1. The van der Waals surface area contributed by atoms with Gasteiger partial charge in [0.2, 0.25) is 5.91 Å². The van der Waals surface area contributed by atoms with Crippen molar-refractivity contribution in [3.05, 3.63) is 18.2 Å². The lowest BCUT2D eigenvalue weighted by Gasteiger charge is -2.33. The molecule has 26 heavy (non-hydrogen) atoms. The molecule has 1 aliphatic heterocycles. The van der Waals surface area contributed by atoms with Crippen molar-refractivity contribution >= 4 is 17.7 Å². The standard InChI is InChI=1S/C19H28N2O5/c1-19(2,3)26-18(23)21-10-6-7-13(12-21)17(22)20-15-9-8-14(24-4)11-16(15)25-5/h8-9,11,13H,6-7,10,12H2,1-5H3,(H,20,22). The summed E-state index contributed by atoms with van der Waals surface area (Å²) in [5, 5.41) is 2.89. The monoisotopic (exact) mass is 364 g/mol. The van der Waals surface area contributed by atoms with Gasteiger partial charge in [-0.2, -0.15) is 0 Å². The number of amides is 2. The van der Waals surface area contributed by atoms with E-state index in [0.717, 1.165) is 12.8 Å². The van der Waals surface area contributed by atoms with Crippen LogP contribution in [0.5, 0.6) is 11.5 Å². The summed E-state index contributed by atoms with van der Waals surface area (Å²) in [5.41, 5.74) is 0.0237. The lowest BCUT2D eigenvalue weighted by Crippen LogP contribution is -2.45. The number of hydrogen-bond acceptors (Lipinski definition) is 5. The SMILES string of the molecule is COc1ccc(NC(=O)C2CCCN(C(=O)OC(C)(C)C)C2)c(OC)c1. The van der Waals surface area contributed by atoms with Gasteiger partial charge in [0.05, 0.1) is 25.8 Å². The van der Waals surface area contributed by atoms with Gasteiger partial charge in [0, 0.05) is 19.2 Å². The van der Waals surface area contributed by atoms with Crippen LogP contribution >= 0.6 is 0 Å². The molecule has 0 radical (unpaired) electrons. The van der Waals surface area contributed by atoms with Crippen molar-refractivity contribution in [3.8, 4) is 11.5 Å². The molecule has 1 heterocycles. The van der Waals surface area contributed by atoms with E-state index in [1.807, 2.05) is 20.8 Å². The Bertz CT molecular complexity index is 654. The molecule has 1 aromatic rings. The average Bonchev–Trinajstić information content (AvgIpc) is 2.60. The number of carbonyl (C=O) groups is 2. The second kappa shape index (κ2) is 8.29. The Morgan fingerprint density at radius 1 is 1.19 bits per heavy atom. The van der Waals surface area contributed by atoms with E-state index >= 15 is 0 Å². The maximum Gasteiger partial charge on any atom is 0.410 e. The Kier molecular flexibility index (Phi) is 6.34. The van der Waals surface area contributed by atoms with Crippen LogP contribution in [0.1, 0.15) is 33.6 Å². The molecule has 1 fully saturated rings. The van der Waals surface area contributed by atoms with Crippen LogP contribution in [-0.4, -0.2) is 49.8 Å². The normalized spacial score (nSPS) is 17.4. The van der Waals surface area contributed by atoms with E-state index in [0.29, 0.717) is 30.3 Å². The topological polar surface area (TPSA) is 77.1 Å². The number of ether oxygens (including phenoxy) is 3. The first-order valence-electron chi connectivity index (χ1n) is 8.74. The zero-order valence-electron chi connectivity index (χ0n) is 16.1. The van der Waals surface area contributed by atoms with Crippen LogP contribution in [0.2, 0.25) is 0 Å². The van der Waals surface area contributed by atoms with E-state index in [9.17, 15) is 9.59 Å². The second-order valence-electron chi connectivity index (χ2n) is 7.32. The van der Waals surface area contributed by atoms with Gasteiger partial charge in [0.25, 0.3) is 0 Å². The van der Waals surface area contributed by atoms with Gasteiger partial charge in [-0.1, -0.05) is 0 Å². The third-order valence-corrected chi connectivity index (χ3v) is 4.11. The molecule has 0 aliphatic carbocycles. The zero-order valence-corrected chi connectivity index (χ0v) is 16.1. The van der Waals surface area contributed by atoms with Crippen LogP contribution in [0, 0.1) is 5.92 Å². The molecule has 144 valence electrons. The van der Waals surface area contributed by atoms with Gasteiger partial charge in [-0.05, 0) is 45.7 Å². The average molecular weight is 364 g/mol. The summed E-state index contributed by atoms with van der Waals surface area (Å²) in [6, 6.07) is 5.21. The van der Waals surface area contributed by atoms with Gasteiger partial charge in [0.1, 0.15) is 17.1 Å². The predicted molar refractivity (Wildman–Crippen MR) is 98.7 cm³/mol. The minimum absolute atomic E-state index is 0.137. The third kappa shape index (κ3) is 5.28. The highest BCUT2D eigenvalue weighted by Crippen LogP contribution is 2.30. The summed E-state index contributed by atoms with van der Waals surface area (Å²) in [6.07, 6.45) is 1.11. The van der Waals surface area contributed by atoms with Gasteiger partial charge >= 0.3 is 6.09 Å². The van der Waals surface area contributed by atoms with Crippen molar-refractivity contribution in [1.82, 2.24) is 4.90 Å². The van der Waals surface area contributed by atoms with Gasteiger partial charge in [0.15, 0.2) is 0 Å². The van der Waals surface area contributed by atoms with Crippen molar-refractivity contribution in [2.24, 2.45) is 5.92 Å². The minimum atomic E-state index is -0.553. The number of methoxy groups -OCH3 is 2. The van der Waals surface area contributed by atoms with E-state index in [1.54, 1.807) is 30.2 Å². The fourth-order valence-electron chi connectivity index (χ4n) is 2.82. The Labute approximate surface area is 154 Å². The van der Waals surface area contributed by atoms with Crippen LogP contribution in [0.25, 0.3) is 0 Å². The number of carbonyl (C=O) groups excluding carboxylic acids is 2. The van der Waals surface area contributed by atoms with Crippen LogP contribution in [0.15, 0.2) is 18.2 Å². The van der Waals surface area contributed by atoms with E-state index < -0.39 is 5.60 Å². The Morgan fingerprint density at radius 2 is 1.92 bits per heavy atom. The van der Waals surface area contributed by atoms with Gasteiger partial charge in [-0.15, -0.1) is 0 Å². The summed E-state index contributed by atoms with van der Waals surface area (Å²) in [4.78, 5) is 26.5. The minimum Gasteiger partial charge on any atom is -0.497 e. The van der Waals surface area contributed by atoms with Crippen molar-refractivity contribution < 1.29 is 23.8 Å². The van der Waals surface area contributed by atoms with Crippen molar-refractivity contribution in [2.45, 2.75) is 39.2 Å². The third-order valence-electron chi connectivity index (χ3n) is 4.11. The molecule has 0 saturated carbocycles. The lowest BCUT2D eigenvalue weighted by atomic mass is 9.97. The van der Waals surface area contributed by atoms with Crippen molar-refractivity contribution in [1.29, 1.82) is 0 Å². The smallest absolute Gasteiger partial charge is 0.410 e. The molecule has 0 bridgehead atoms. The van der Waals surface area contributed by atoms with Crippen molar-refractivity contribution in [2.75, 3.05) is 32.6 Å². The zero-order chi connectivity index (χ0) is 19.3. The number of nitrogens with zero attached hydrogens (tertiary/aromatic N) is 1. The molecule has 0 aromatic heterocycles. The van der Waals surface area contributed by atoms with Crippen molar-refractivity contribution in [3.63, 3.8) is 0 Å². The summed E-state index contributed by atoms with van der Waals surface area (Å²) in [7, 11) is 3.11. The molecular weight excluding hydrogens is 336 g/mol. The summed E-state index contributed by atoms with van der Waals surface area (Å²) in [6.45, 7) is 6.43. The molecule has 2 rings (SSSR count). The highest BCUT2D eigenvalue weighted by molar-refractivity contribution is 5.94. The highest BCUT2D eigenvalue weighted by atomic mass is 16.6. The number of benzene rings is 1. The maximum absolute atomic E-state index is 12.7. The first-order chi connectivity index (χ1) is 12.2. The largest absolute Gasteiger partial charge is 0.497 e. The first kappa shape index (κ1) is 19.9. The number of hydrogen-bond donors (Lipinski definition) is 1. The van der Waals surface area contributed by atoms with E-state index in [2.05, 4.69) is 5.32 Å². The van der Waals surface area contributed by atoms with Crippen LogP contribution < -0.4 is 14.8 Å².